The first-order valence-electron chi connectivity index (χ1n) is 7.39. The number of benzene rings is 2. The molecule has 0 radical (unpaired) electrons. The minimum atomic E-state index is -0.480. The van der Waals surface area contributed by atoms with Gasteiger partial charge in [-0.25, -0.2) is 4.39 Å². The van der Waals surface area contributed by atoms with E-state index in [0.717, 1.165) is 5.69 Å². The van der Waals surface area contributed by atoms with Crippen LogP contribution in [0.15, 0.2) is 42.5 Å². The van der Waals surface area contributed by atoms with Crippen LogP contribution in [0.5, 0.6) is 0 Å². The van der Waals surface area contributed by atoms with Crippen molar-refractivity contribution in [3.05, 3.63) is 59.4 Å². The molecule has 0 spiro atoms. The largest absolute Gasteiger partial charge is 0.376 e. The van der Waals surface area contributed by atoms with E-state index in [1.807, 2.05) is 19.0 Å². The fourth-order valence-corrected chi connectivity index (χ4v) is 2.24. The molecular formula is C18H20FN3O2. The van der Waals surface area contributed by atoms with E-state index in [2.05, 4.69) is 5.32 Å². The van der Waals surface area contributed by atoms with Crippen molar-refractivity contribution in [2.75, 3.05) is 38.4 Å². The van der Waals surface area contributed by atoms with Crippen molar-refractivity contribution >= 4 is 23.2 Å². The normalized spacial score (nSPS) is 10.2. The maximum atomic E-state index is 13.3. The first-order chi connectivity index (χ1) is 11.3. The quantitative estimate of drug-likeness (QED) is 0.938. The molecule has 0 aliphatic heterocycles. The lowest BCUT2D eigenvalue weighted by atomic mass is 10.1. The molecule has 1 N–H and O–H groups in total. The van der Waals surface area contributed by atoms with Crippen LogP contribution in [0.3, 0.4) is 0 Å². The molecule has 0 aliphatic rings. The number of rotatable bonds is 4. The standard InChI is InChI=1S/C18H20FN3O2/c1-21(2)16-9-8-13(18(24)22(3)4)11-15(16)20-17(23)12-6-5-7-14(19)10-12/h5-11H,1-4H3,(H,20,23). The van der Waals surface area contributed by atoms with Crippen molar-refractivity contribution < 1.29 is 14.0 Å². The van der Waals surface area contributed by atoms with Crippen LogP contribution in [0, 0.1) is 5.82 Å². The Balaban J connectivity index is 2.37. The number of carbonyl (C=O) groups excluding carboxylic acids is 2. The molecule has 0 saturated carbocycles. The van der Waals surface area contributed by atoms with Crippen LogP contribution >= 0.6 is 0 Å². The van der Waals surface area contributed by atoms with E-state index in [0.29, 0.717) is 11.3 Å². The SMILES string of the molecule is CN(C)C(=O)c1ccc(N(C)C)c(NC(=O)c2cccc(F)c2)c1. The van der Waals surface area contributed by atoms with Crippen molar-refractivity contribution in [3.63, 3.8) is 0 Å². The van der Waals surface area contributed by atoms with Gasteiger partial charge in [0, 0.05) is 39.3 Å². The highest BCUT2D eigenvalue weighted by atomic mass is 19.1. The molecule has 5 nitrogen and oxygen atoms in total. The Labute approximate surface area is 140 Å². The lowest BCUT2D eigenvalue weighted by Gasteiger charge is -2.20. The molecule has 0 aromatic heterocycles. The zero-order valence-corrected chi connectivity index (χ0v) is 14.1. The predicted octanol–water partition coefficient (Wildman–Crippen LogP) is 2.85. The van der Waals surface area contributed by atoms with E-state index >= 15 is 0 Å². The molecule has 0 unspecified atom stereocenters. The minimum Gasteiger partial charge on any atom is -0.376 e. The monoisotopic (exact) mass is 329 g/mol. The zero-order valence-electron chi connectivity index (χ0n) is 14.1. The minimum absolute atomic E-state index is 0.165. The number of nitrogens with one attached hydrogen (secondary N) is 1. The summed E-state index contributed by atoms with van der Waals surface area (Å²) in [7, 11) is 6.99. The molecule has 0 bridgehead atoms. The molecule has 2 rings (SSSR count). The molecule has 126 valence electrons. The second-order valence-electron chi connectivity index (χ2n) is 5.79. The van der Waals surface area contributed by atoms with Crippen molar-refractivity contribution in [2.24, 2.45) is 0 Å². The maximum Gasteiger partial charge on any atom is 0.255 e. The van der Waals surface area contributed by atoms with E-state index in [9.17, 15) is 14.0 Å². The molecule has 0 heterocycles. The van der Waals surface area contributed by atoms with Crippen LogP contribution in [0.25, 0.3) is 0 Å². The molecule has 0 fully saturated rings. The van der Waals surface area contributed by atoms with Crippen LogP contribution in [-0.2, 0) is 0 Å². The third-order valence-electron chi connectivity index (χ3n) is 3.47. The van der Waals surface area contributed by atoms with Gasteiger partial charge in [-0.1, -0.05) is 6.07 Å². The van der Waals surface area contributed by atoms with E-state index < -0.39 is 11.7 Å². The summed E-state index contributed by atoms with van der Waals surface area (Å²) >= 11 is 0. The second-order valence-corrected chi connectivity index (χ2v) is 5.79. The van der Waals surface area contributed by atoms with Crippen molar-refractivity contribution in [2.45, 2.75) is 0 Å². The lowest BCUT2D eigenvalue weighted by Crippen LogP contribution is -2.23. The number of amides is 2. The van der Waals surface area contributed by atoms with Gasteiger partial charge in [0.1, 0.15) is 5.82 Å². The number of nitrogens with zero attached hydrogens (tertiary/aromatic N) is 2. The molecule has 0 aliphatic carbocycles. The molecule has 2 aromatic rings. The summed E-state index contributed by atoms with van der Waals surface area (Å²) in [5, 5.41) is 2.75. The smallest absolute Gasteiger partial charge is 0.255 e. The molecule has 2 amide bonds. The maximum absolute atomic E-state index is 13.3. The van der Waals surface area contributed by atoms with E-state index in [-0.39, 0.29) is 11.5 Å². The highest BCUT2D eigenvalue weighted by Gasteiger charge is 2.15. The van der Waals surface area contributed by atoms with Gasteiger partial charge in [0.05, 0.1) is 11.4 Å². The second kappa shape index (κ2) is 7.12. The van der Waals surface area contributed by atoms with Crippen molar-refractivity contribution in [1.29, 1.82) is 0 Å². The molecule has 24 heavy (non-hydrogen) atoms. The third kappa shape index (κ3) is 3.90. The highest BCUT2D eigenvalue weighted by molar-refractivity contribution is 6.07. The van der Waals surface area contributed by atoms with Crippen LogP contribution in [0.2, 0.25) is 0 Å². The number of hydrogen-bond acceptors (Lipinski definition) is 3. The Morgan fingerprint density at radius 3 is 2.25 bits per heavy atom. The Morgan fingerprint density at radius 2 is 1.67 bits per heavy atom. The van der Waals surface area contributed by atoms with Crippen molar-refractivity contribution in [3.8, 4) is 0 Å². The fraction of sp³-hybridized carbons (Fsp3) is 0.222. The average molecular weight is 329 g/mol. The van der Waals surface area contributed by atoms with Gasteiger partial charge >= 0.3 is 0 Å². The van der Waals surface area contributed by atoms with Gasteiger partial charge in [-0.3, -0.25) is 9.59 Å². The summed E-state index contributed by atoms with van der Waals surface area (Å²) in [6, 6.07) is 10.5. The molecule has 2 aromatic carbocycles. The first-order valence-corrected chi connectivity index (χ1v) is 7.39. The average Bonchev–Trinajstić information content (AvgIpc) is 2.53. The topological polar surface area (TPSA) is 52.7 Å². The van der Waals surface area contributed by atoms with E-state index in [1.54, 1.807) is 32.3 Å². The number of halogens is 1. The highest BCUT2D eigenvalue weighted by Crippen LogP contribution is 2.26. The van der Waals surface area contributed by atoms with Gasteiger partial charge < -0.3 is 15.1 Å². The van der Waals surface area contributed by atoms with Crippen molar-refractivity contribution in [1.82, 2.24) is 4.90 Å². The van der Waals surface area contributed by atoms with Gasteiger partial charge in [-0.05, 0) is 36.4 Å². The predicted molar refractivity (Wildman–Crippen MR) is 93.1 cm³/mol. The zero-order chi connectivity index (χ0) is 17.9. The molecule has 0 atom stereocenters. The van der Waals surface area contributed by atoms with Gasteiger partial charge in [0.2, 0.25) is 0 Å². The summed E-state index contributed by atoms with van der Waals surface area (Å²) in [6.07, 6.45) is 0. The van der Waals surface area contributed by atoms with Gasteiger partial charge in [-0.15, -0.1) is 0 Å². The Hall–Kier alpha value is -2.89. The van der Waals surface area contributed by atoms with Gasteiger partial charge in [0.25, 0.3) is 11.8 Å². The summed E-state index contributed by atoms with van der Waals surface area (Å²) in [6.45, 7) is 0. The third-order valence-corrected chi connectivity index (χ3v) is 3.47. The molecular weight excluding hydrogens is 309 g/mol. The summed E-state index contributed by atoms with van der Waals surface area (Å²) in [5.41, 5.74) is 1.90. The summed E-state index contributed by atoms with van der Waals surface area (Å²) in [4.78, 5) is 27.8. The van der Waals surface area contributed by atoms with Gasteiger partial charge in [-0.2, -0.15) is 0 Å². The number of anilines is 2. The number of carbonyl (C=O) groups is 2. The van der Waals surface area contributed by atoms with Crippen LogP contribution in [-0.4, -0.2) is 44.9 Å². The Morgan fingerprint density at radius 1 is 0.958 bits per heavy atom. The number of hydrogen-bond donors (Lipinski definition) is 1. The van der Waals surface area contributed by atoms with Gasteiger partial charge in [0.15, 0.2) is 0 Å². The van der Waals surface area contributed by atoms with Crippen LogP contribution in [0.4, 0.5) is 15.8 Å². The molecule has 0 saturated heterocycles. The first kappa shape index (κ1) is 17.5. The van der Waals surface area contributed by atoms with Crippen LogP contribution in [0.1, 0.15) is 20.7 Å². The fourth-order valence-electron chi connectivity index (χ4n) is 2.24. The Kier molecular flexibility index (Phi) is 5.18. The lowest BCUT2D eigenvalue weighted by molar-refractivity contribution is 0.0827. The van der Waals surface area contributed by atoms with Crippen LogP contribution < -0.4 is 10.2 Å². The summed E-state index contributed by atoms with van der Waals surface area (Å²) in [5.74, 6) is -1.08. The van der Waals surface area contributed by atoms with E-state index in [4.69, 9.17) is 0 Å². The summed E-state index contributed by atoms with van der Waals surface area (Å²) < 4.78 is 13.3. The van der Waals surface area contributed by atoms with E-state index in [1.165, 1.54) is 29.2 Å². The molecule has 6 heteroatoms. The Bertz CT molecular complexity index is 773.